The van der Waals surface area contributed by atoms with Crippen molar-refractivity contribution in [1.29, 1.82) is 0 Å². The fourth-order valence-electron chi connectivity index (χ4n) is 5.37. The van der Waals surface area contributed by atoms with E-state index in [2.05, 4.69) is 54.7 Å². The zero-order chi connectivity index (χ0) is 32.9. The molecule has 10 heteroatoms. The normalized spacial score (nSPS) is 11.8. The number of anilines is 1. The zero-order valence-corrected chi connectivity index (χ0v) is 27.8. The maximum Gasteiger partial charge on any atom is 0.346 e. The second-order valence-electron chi connectivity index (χ2n) is 12.3. The van der Waals surface area contributed by atoms with E-state index in [-0.39, 0.29) is 27.6 Å². The smallest absolute Gasteiger partial charge is 0.346 e. The Labute approximate surface area is 271 Å². The average molecular weight is 640 g/mol. The Morgan fingerprint density at radius 3 is 2.20 bits per heavy atom. The van der Waals surface area contributed by atoms with E-state index >= 15 is 0 Å². The summed E-state index contributed by atoms with van der Waals surface area (Å²) in [4.78, 5) is 17.2. The summed E-state index contributed by atoms with van der Waals surface area (Å²) in [6.45, 7) is 9.54. The first kappa shape index (κ1) is 32.7. The second-order valence-corrected chi connectivity index (χ2v) is 13.9. The van der Waals surface area contributed by atoms with Crippen molar-refractivity contribution in [3.05, 3.63) is 124 Å². The van der Waals surface area contributed by atoms with Crippen molar-refractivity contribution in [2.45, 2.75) is 70.4 Å². The van der Waals surface area contributed by atoms with Crippen molar-refractivity contribution in [2.24, 2.45) is 0 Å². The summed E-state index contributed by atoms with van der Waals surface area (Å²) in [7, 11) is -2.49. The van der Waals surface area contributed by atoms with Gasteiger partial charge in [-0.2, -0.15) is 5.10 Å². The highest BCUT2D eigenvalue weighted by atomic mass is 32.2. The van der Waals surface area contributed by atoms with Crippen LogP contribution in [0.3, 0.4) is 0 Å². The molecule has 0 aliphatic heterocycles. The summed E-state index contributed by atoms with van der Waals surface area (Å²) < 4.78 is 37.6. The Hall–Kier alpha value is -4.70. The molecule has 0 aliphatic rings. The van der Waals surface area contributed by atoms with Crippen molar-refractivity contribution >= 4 is 15.8 Å². The molecule has 5 aromatic rings. The van der Waals surface area contributed by atoms with Crippen LogP contribution in [-0.4, -0.2) is 34.9 Å². The minimum Gasteiger partial charge on any atom is -0.495 e. The van der Waals surface area contributed by atoms with E-state index in [0.29, 0.717) is 19.5 Å². The molecule has 0 spiro atoms. The summed E-state index contributed by atoms with van der Waals surface area (Å²) in [5.74, 6) is 1.27. The summed E-state index contributed by atoms with van der Waals surface area (Å²) in [6.07, 6.45) is 3.86. The lowest BCUT2D eigenvalue weighted by Crippen LogP contribution is -2.25. The molecular formula is C36H41N5O4S. The zero-order valence-electron chi connectivity index (χ0n) is 27.0. The first-order valence-electron chi connectivity index (χ1n) is 15.5. The van der Waals surface area contributed by atoms with Gasteiger partial charge in [0.05, 0.1) is 13.7 Å². The molecule has 2 heterocycles. The number of ether oxygens (including phenoxy) is 1. The molecule has 5 rings (SSSR count). The number of benzene rings is 3. The average Bonchev–Trinajstić information content (AvgIpc) is 3.34. The molecule has 0 unspecified atom stereocenters. The Morgan fingerprint density at radius 1 is 0.870 bits per heavy atom. The number of hydrogen-bond acceptors (Lipinski definition) is 6. The molecule has 240 valence electrons. The number of aromatic nitrogens is 4. The quantitative estimate of drug-likeness (QED) is 0.168. The van der Waals surface area contributed by atoms with Gasteiger partial charge in [-0.1, -0.05) is 81.4 Å². The van der Waals surface area contributed by atoms with Crippen LogP contribution in [0.1, 0.15) is 56.6 Å². The Bertz CT molecular complexity index is 1940. The van der Waals surface area contributed by atoms with Gasteiger partial charge in [0.25, 0.3) is 10.0 Å². The van der Waals surface area contributed by atoms with Crippen LogP contribution in [0, 0.1) is 0 Å². The van der Waals surface area contributed by atoms with Gasteiger partial charge < -0.3 is 4.74 Å². The summed E-state index contributed by atoms with van der Waals surface area (Å²) >= 11 is 0. The van der Waals surface area contributed by atoms with Gasteiger partial charge in [-0.15, -0.1) is 0 Å². The van der Waals surface area contributed by atoms with Crippen LogP contribution in [0.15, 0.2) is 101 Å². The first-order chi connectivity index (χ1) is 22.0. The van der Waals surface area contributed by atoms with Crippen molar-refractivity contribution in [1.82, 2.24) is 19.3 Å². The number of nitrogens with one attached hydrogen (secondary N) is 1. The van der Waals surface area contributed by atoms with E-state index in [1.54, 1.807) is 39.6 Å². The highest BCUT2D eigenvalue weighted by Gasteiger charge is 2.21. The van der Waals surface area contributed by atoms with Crippen molar-refractivity contribution in [2.75, 3.05) is 11.8 Å². The minimum absolute atomic E-state index is 0.0329. The van der Waals surface area contributed by atoms with Crippen molar-refractivity contribution in [3.8, 4) is 16.9 Å². The van der Waals surface area contributed by atoms with Crippen LogP contribution in [0.2, 0.25) is 0 Å². The van der Waals surface area contributed by atoms with Crippen LogP contribution in [0.25, 0.3) is 11.1 Å². The molecule has 0 atom stereocenters. The molecular weight excluding hydrogens is 598 g/mol. The van der Waals surface area contributed by atoms with E-state index in [1.165, 1.54) is 18.9 Å². The van der Waals surface area contributed by atoms with E-state index in [9.17, 15) is 13.2 Å². The molecule has 9 nitrogen and oxygen atoms in total. The van der Waals surface area contributed by atoms with E-state index < -0.39 is 10.0 Å². The standard InChI is InChI=1S/C36H41N5O4S/c1-6-40-34(38-41(35(40)42)25-27-15-20-30(21-16-27)36(2,3)4)12-9-10-26-13-17-28(18-14-26)29-19-22-31(45-5)32(24-29)46(43,44)39-33-11-7-8-23-37-33/h7-8,11,13-24H,6,9-10,12,25H2,1-5H3,(H,37,39). The van der Waals surface area contributed by atoms with Gasteiger partial charge in [0.1, 0.15) is 22.3 Å². The molecule has 0 saturated heterocycles. The lowest BCUT2D eigenvalue weighted by Gasteiger charge is -2.19. The number of nitrogens with zero attached hydrogens (tertiary/aromatic N) is 4. The third-order valence-electron chi connectivity index (χ3n) is 7.98. The number of methoxy groups -OCH3 is 1. The molecule has 46 heavy (non-hydrogen) atoms. The van der Waals surface area contributed by atoms with Crippen LogP contribution in [-0.2, 0) is 41.4 Å². The summed E-state index contributed by atoms with van der Waals surface area (Å²) in [6, 6.07) is 26.6. The van der Waals surface area contributed by atoms with Gasteiger partial charge in [-0.25, -0.2) is 22.9 Å². The Kier molecular flexibility index (Phi) is 9.76. The first-order valence-corrected chi connectivity index (χ1v) is 16.9. The molecule has 1 N–H and O–H groups in total. The third kappa shape index (κ3) is 7.56. The van der Waals surface area contributed by atoms with Crippen LogP contribution < -0.4 is 15.1 Å². The van der Waals surface area contributed by atoms with E-state index in [1.807, 2.05) is 37.3 Å². The fraction of sp³-hybridized carbons (Fsp3) is 0.306. The topological polar surface area (TPSA) is 108 Å². The molecule has 0 radical (unpaired) electrons. The largest absolute Gasteiger partial charge is 0.495 e. The third-order valence-corrected chi connectivity index (χ3v) is 9.35. The molecule has 3 aromatic carbocycles. The van der Waals surface area contributed by atoms with Gasteiger partial charge in [-0.3, -0.25) is 9.29 Å². The van der Waals surface area contributed by atoms with E-state index in [0.717, 1.165) is 40.9 Å². The van der Waals surface area contributed by atoms with Gasteiger partial charge in [0, 0.05) is 19.2 Å². The van der Waals surface area contributed by atoms with E-state index in [4.69, 9.17) is 9.84 Å². The molecule has 0 fully saturated rings. The molecule has 0 saturated carbocycles. The lowest BCUT2D eigenvalue weighted by atomic mass is 9.87. The van der Waals surface area contributed by atoms with Gasteiger partial charge in [0.2, 0.25) is 0 Å². The number of aryl methyl sites for hydroxylation is 2. The van der Waals surface area contributed by atoms with Gasteiger partial charge >= 0.3 is 5.69 Å². The number of hydrogen-bond donors (Lipinski definition) is 1. The van der Waals surface area contributed by atoms with Gasteiger partial charge in [0.15, 0.2) is 0 Å². The highest BCUT2D eigenvalue weighted by molar-refractivity contribution is 7.92. The SMILES string of the molecule is CCn1c(CCCc2ccc(-c3ccc(OC)c(S(=O)(=O)Nc4ccccn4)c3)cc2)nn(Cc2ccc(C(C)(C)C)cc2)c1=O. The second kappa shape index (κ2) is 13.7. The predicted octanol–water partition coefficient (Wildman–Crippen LogP) is 6.46. The Morgan fingerprint density at radius 2 is 1.57 bits per heavy atom. The minimum atomic E-state index is -3.93. The lowest BCUT2D eigenvalue weighted by molar-refractivity contribution is 0.403. The number of pyridine rings is 1. The van der Waals surface area contributed by atoms with Crippen LogP contribution in [0.4, 0.5) is 5.82 Å². The molecule has 2 aromatic heterocycles. The highest BCUT2D eigenvalue weighted by Crippen LogP contribution is 2.31. The number of sulfonamides is 1. The molecule has 0 bridgehead atoms. The van der Waals surface area contributed by atoms with Crippen molar-refractivity contribution < 1.29 is 13.2 Å². The molecule has 0 amide bonds. The predicted molar refractivity (Wildman–Crippen MR) is 182 cm³/mol. The summed E-state index contributed by atoms with van der Waals surface area (Å²) in [5.41, 5.74) is 5.08. The number of rotatable bonds is 12. The monoisotopic (exact) mass is 639 g/mol. The fourth-order valence-corrected chi connectivity index (χ4v) is 6.58. The van der Waals surface area contributed by atoms with Crippen LogP contribution >= 0.6 is 0 Å². The molecule has 0 aliphatic carbocycles. The van der Waals surface area contributed by atoms with Crippen LogP contribution in [0.5, 0.6) is 5.75 Å². The summed E-state index contributed by atoms with van der Waals surface area (Å²) in [5, 5.41) is 4.70. The van der Waals surface area contributed by atoms with Crippen molar-refractivity contribution in [3.63, 3.8) is 0 Å². The maximum absolute atomic E-state index is 13.2. The Balaban J connectivity index is 1.25. The van der Waals surface area contributed by atoms with Gasteiger partial charge in [-0.05, 0) is 77.3 Å². The maximum atomic E-state index is 13.2.